The van der Waals surface area contributed by atoms with E-state index in [1.807, 2.05) is 0 Å². The number of carboxylic acids is 2. The Balaban J connectivity index is 4.09. The largest absolute Gasteiger partial charge is 0.481 e. The van der Waals surface area contributed by atoms with E-state index in [1.54, 1.807) is 0 Å². The lowest BCUT2D eigenvalue weighted by Gasteiger charge is -2.09. The highest BCUT2D eigenvalue weighted by Gasteiger charge is 2.20. The molecule has 0 aromatic carbocycles. The molecule has 16 heavy (non-hydrogen) atoms. The Kier molecular flexibility index (Phi) is 5.93. The number of carboxylic acid groups (broad SMARTS) is 2. The molecule has 0 saturated heterocycles. The maximum absolute atomic E-state index is 10.6. The Labute approximate surface area is 91.8 Å². The summed E-state index contributed by atoms with van der Waals surface area (Å²) in [5.74, 6) is -3.55. The van der Waals surface area contributed by atoms with Crippen LogP contribution in [0.25, 0.3) is 0 Å². The Bertz CT molecular complexity index is 345. The van der Waals surface area contributed by atoms with Crippen molar-refractivity contribution in [3.05, 3.63) is 0 Å². The van der Waals surface area contributed by atoms with Gasteiger partial charge < -0.3 is 10.2 Å². The van der Waals surface area contributed by atoms with Crippen LogP contribution in [0.1, 0.15) is 19.3 Å². The van der Waals surface area contributed by atoms with Gasteiger partial charge >= 0.3 is 22.3 Å². The van der Waals surface area contributed by atoms with Crippen molar-refractivity contribution in [3.8, 4) is 0 Å². The minimum atomic E-state index is -4.67. The highest BCUT2D eigenvalue weighted by molar-refractivity contribution is 7.80. The number of hydrogen-bond acceptors (Lipinski definition) is 5. The van der Waals surface area contributed by atoms with E-state index < -0.39 is 34.9 Å². The van der Waals surface area contributed by atoms with Crippen molar-refractivity contribution in [2.24, 2.45) is 5.92 Å². The fraction of sp³-hybridized carbons (Fsp3) is 0.714. The van der Waals surface area contributed by atoms with E-state index in [9.17, 15) is 18.0 Å². The van der Waals surface area contributed by atoms with Crippen LogP contribution in [0.3, 0.4) is 0 Å². The molecule has 0 spiro atoms. The van der Waals surface area contributed by atoms with Crippen LogP contribution < -0.4 is 0 Å². The first-order valence-corrected chi connectivity index (χ1v) is 5.65. The lowest BCUT2D eigenvalue weighted by atomic mass is 10.0. The van der Waals surface area contributed by atoms with E-state index in [0.29, 0.717) is 0 Å². The second-order valence-electron chi connectivity index (χ2n) is 3.03. The molecule has 0 amide bonds. The SMILES string of the molecule is O=C(O)CCC[C@H](COS(=O)(=O)O)C(=O)O. The Morgan fingerprint density at radius 3 is 2.19 bits per heavy atom. The topological polar surface area (TPSA) is 138 Å². The van der Waals surface area contributed by atoms with Gasteiger partial charge in [0, 0.05) is 6.42 Å². The molecule has 3 N–H and O–H groups in total. The van der Waals surface area contributed by atoms with Crippen molar-refractivity contribution >= 4 is 22.3 Å². The molecule has 9 heteroatoms. The Hall–Kier alpha value is -1.19. The molecular formula is C7H12O8S. The van der Waals surface area contributed by atoms with Gasteiger partial charge in [-0.15, -0.1) is 0 Å². The molecule has 8 nitrogen and oxygen atoms in total. The third kappa shape index (κ3) is 8.15. The Morgan fingerprint density at radius 2 is 1.81 bits per heavy atom. The molecule has 0 fully saturated rings. The van der Waals surface area contributed by atoms with Gasteiger partial charge in [-0.3, -0.25) is 14.1 Å². The molecule has 0 radical (unpaired) electrons. The normalized spacial score (nSPS) is 13.3. The molecule has 94 valence electrons. The summed E-state index contributed by atoms with van der Waals surface area (Å²) in [6.45, 7) is -0.714. The molecule has 0 aromatic rings. The summed E-state index contributed by atoms with van der Waals surface area (Å²) in [6, 6.07) is 0. The molecule has 0 heterocycles. The van der Waals surface area contributed by atoms with E-state index in [4.69, 9.17) is 14.8 Å². The molecule has 0 bridgehead atoms. The van der Waals surface area contributed by atoms with Crippen LogP contribution in [0.2, 0.25) is 0 Å². The lowest BCUT2D eigenvalue weighted by molar-refractivity contribution is -0.144. The predicted octanol–water partition coefficient (Wildman–Crippen LogP) is -0.238. The van der Waals surface area contributed by atoms with E-state index in [0.717, 1.165) is 0 Å². The van der Waals surface area contributed by atoms with Crippen LogP contribution in [-0.4, -0.2) is 41.7 Å². The van der Waals surface area contributed by atoms with Gasteiger partial charge in [-0.2, -0.15) is 8.42 Å². The Morgan fingerprint density at radius 1 is 1.25 bits per heavy atom. The van der Waals surface area contributed by atoms with Gasteiger partial charge in [0.05, 0.1) is 12.5 Å². The van der Waals surface area contributed by atoms with Crippen LogP contribution in [0.5, 0.6) is 0 Å². The van der Waals surface area contributed by atoms with Gasteiger partial charge in [0.2, 0.25) is 0 Å². The van der Waals surface area contributed by atoms with Crippen LogP contribution in [-0.2, 0) is 24.2 Å². The summed E-state index contributed by atoms with van der Waals surface area (Å²) >= 11 is 0. The van der Waals surface area contributed by atoms with Gasteiger partial charge in [-0.25, -0.2) is 4.18 Å². The zero-order chi connectivity index (χ0) is 12.8. The number of hydrogen-bond donors (Lipinski definition) is 3. The molecule has 0 aromatic heterocycles. The van der Waals surface area contributed by atoms with Gasteiger partial charge in [0.1, 0.15) is 0 Å². The predicted molar refractivity (Wildman–Crippen MR) is 50.1 cm³/mol. The maximum atomic E-state index is 10.6. The van der Waals surface area contributed by atoms with Crippen molar-refractivity contribution in [2.75, 3.05) is 6.61 Å². The minimum Gasteiger partial charge on any atom is -0.481 e. The molecule has 1 atom stereocenters. The van der Waals surface area contributed by atoms with Gasteiger partial charge in [-0.05, 0) is 12.8 Å². The average Bonchev–Trinajstić information content (AvgIpc) is 2.07. The second kappa shape index (κ2) is 6.40. The minimum absolute atomic E-state index is 0.0445. The van der Waals surface area contributed by atoms with Crippen molar-refractivity contribution in [3.63, 3.8) is 0 Å². The number of rotatable bonds is 8. The van der Waals surface area contributed by atoms with E-state index >= 15 is 0 Å². The highest BCUT2D eigenvalue weighted by Crippen LogP contribution is 2.10. The summed E-state index contributed by atoms with van der Waals surface area (Å²) < 4.78 is 32.5. The monoisotopic (exact) mass is 256 g/mol. The average molecular weight is 256 g/mol. The van der Waals surface area contributed by atoms with Crippen LogP contribution in [0.4, 0.5) is 0 Å². The van der Waals surface area contributed by atoms with Crippen LogP contribution in [0.15, 0.2) is 0 Å². The maximum Gasteiger partial charge on any atom is 0.397 e. The first-order valence-electron chi connectivity index (χ1n) is 4.29. The molecular weight excluding hydrogens is 244 g/mol. The second-order valence-corrected chi connectivity index (χ2v) is 4.12. The molecule has 0 rings (SSSR count). The van der Waals surface area contributed by atoms with E-state index in [-0.39, 0.29) is 19.3 Å². The van der Waals surface area contributed by atoms with Gasteiger partial charge in [0.15, 0.2) is 0 Å². The third-order valence-corrected chi connectivity index (χ3v) is 2.14. The van der Waals surface area contributed by atoms with E-state index in [2.05, 4.69) is 4.18 Å². The van der Waals surface area contributed by atoms with Crippen molar-refractivity contribution < 1.29 is 37.0 Å². The van der Waals surface area contributed by atoms with Crippen LogP contribution in [0, 0.1) is 5.92 Å². The summed E-state index contributed by atoms with van der Waals surface area (Å²) in [4.78, 5) is 20.7. The highest BCUT2D eigenvalue weighted by atomic mass is 32.3. The van der Waals surface area contributed by atoms with Gasteiger partial charge in [0.25, 0.3) is 0 Å². The zero-order valence-corrected chi connectivity index (χ0v) is 9.01. The molecule has 0 saturated carbocycles. The summed E-state index contributed by atoms with van der Waals surface area (Å²) in [7, 11) is -4.67. The standard InChI is InChI=1S/C7H12O8S/c8-6(9)3-1-2-5(7(10)11)4-15-16(12,13)14/h5H,1-4H2,(H,8,9)(H,10,11)(H,12,13,14)/t5-/m1/s1. The molecule has 0 aliphatic heterocycles. The summed E-state index contributed by atoms with van der Waals surface area (Å²) in [5, 5.41) is 16.9. The van der Waals surface area contributed by atoms with Crippen molar-refractivity contribution in [2.45, 2.75) is 19.3 Å². The van der Waals surface area contributed by atoms with Gasteiger partial charge in [-0.1, -0.05) is 0 Å². The van der Waals surface area contributed by atoms with Crippen molar-refractivity contribution in [1.82, 2.24) is 0 Å². The quantitative estimate of drug-likeness (QED) is 0.506. The fourth-order valence-electron chi connectivity index (χ4n) is 0.946. The van der Waals surface area contributed by atoms with E-state index in [1.165, 1.54) is 0 Å². The zero-order valence-electron chi connectivity index (χ0n) is 8.20. The van der Waals surface area contributed by atoms with Crippen molar-refractivity contribution in [1.29, 1.82) is 0 Å². The molecule has 0 aliphatic rings. The summed E-state index contributed by atoms with van der Waals surface area (Å²) in [6.07, 6.45) is -0.173. The molecule has 0 unspecified atom stereocenters. The number of aliphatic carboxylic acids is 2. The smallest absolute Gasteiger partial charge is 0.397 e. The molecule has 0 aliphatic carbocycles. The number of carbonyl (C=O) groups is 2. The van der Waals surface area contributed by atoms with Crippen LogP contribution >= 0.6 is 0 Å². The fourth-order valence-corrected chi connectivity index (χ4v) is 1.28. The third-order valence-electron chi connectivity index (χ3n) is 1.71. The lowest BCUT2D eigenvalue weighted by Crippen LogP contribution is -2.22. The first-order chi connectivity index (χ1) is 7.22. The first kappa shape index (κ1) is 14.8. The summed E-state index contributed by atoms with van der Waals surface area (Å²) in [5.41, 5.74) is 0.